The number of hydrogen-bond acceptors (Lipinski definition) is 6. The minimum Gasteiger partial charge on any atom is -0.406 e. The zero-order chi connectivity index (χ0) is 25.0. The van der Waals surface area contributed by atoms with Gasteiger partial charge in [0.15, 0.2) is 5.78 Å². The molecule has 4 rings (SSSR count). The Hall–Kier alpha value is -3.92. The van der Waals surface area contributed by atoms with E-state index in [1.165, 1.54) is 36.2 Å². The SMILES string of the molecule is CN/C=C(\C)c1cnc2[nH]cc(C(=O)c3cccc(NSc4ccc(OC(F)(F)F)cc4)c3)c2c1. The highest BCUT2D eigenvalue weighted by atomic mass is 32.2. The van der Waals surface area contributed by atoms with Gasteiger partial charge in [-0.3, -0.25) is 4.79 Å². The van der Waals surface area contributed by atoms with Gasteiger partial charge < -0.3 is 19.8 Å². The van der Waals surface area contributed by atoms with Crippen LogP contribution in [0.4, 0.5) is 18.9 Å². The zero-order valence-corrected chi connectivity index (χ0v) is 19.6. The van der Waals surface area contributed by atoms with Gasteiger partial charge in [-0.2, -0.15) is 0 Å². The summed E-state index contributed by atoms with van der Waals surface area (Å²) in [6.07, 6.45) is 0.533. The molecule has 0 aliphatic rings. The van der Waals surface area contributed by atoms with Gasteiger partial charge in [-0.15, -0.1) is 13.2 Å². The second kappa shape index (κ2) is 10.1. The summed E-state index contributed by atoms with van der Waals surface area (Å²) in [6, 6.07) is 14.4. The number of aromatic amines is 1. The zero-order valence-electron chi connectivity index (χ0n) is 18.7. The van der Waals surface area contributed by atoms with Crippen LogP contribution in [0.5, 0.6) is 5.75 Å². The lowest BCUT2D eigenvalue weighted by molar-refractivity contribution is -0.274. The Labute approximate surface area is 203 Å². The molecule has 0 unspecified atom stereocenters. The maximum Gasteiger partial charge on any atom is 0.573 e. The van der Waals surface area contributed by atoms with Gasteiger partial charge in [0, 0.05) is 46.5 Å². The molecule has 0 aliphatic carbocycles. The average Bonchev–Trinajstić information content (AvgIpc) is 3.26. The fraction of sp³-hybridized carbons (Fsp3) is 0.120. The van der Waals surface area contributed by atoms with Gasteiger partial charge >= 0.3 is 6.36 Å². The first kappa shape index (κ1) is 24.2. The second-order valence-electron chi connectivity index (χ2n) is 7.57. The van der Waals surface area contributed by atoms with E-state index in [0.29, 0.717) is 27.4 Å². The lowest BCUT2D eigenvalue weighted by Crippen LogP contribution is -2.16. The topological polar surface area (TPSA) is 79.0 Å². The van der Waals surface area contributed by atoms with Gasteiger partial charge in [-0.05, 0) is 78.7 Å². The molecule has 0 aliphatic heterocycles. The number of nitrogens with zero attached hydrogens (tertiary/aromatic N) is 1. The number of fused-ring (bicyclic) bond motifs is 1. The Bertz CT molecular complexity index is 1380. The van der Waals surface area contributed by atoms with Gasteiger partial charge in [0.2, 0.25) is 0 Å². The molecule has 6 nitrogen and oxygen atoms in total. The van der Waals surface area contributed by atoms with E-state index in [-0.39, 0.29) is 11.5 Å². The first-order chi connectivity index (χ1) is 16.7. The van der Waals surface area contributed by atoms with Crippen LogP contribution in [-0.4, -0.2) is 29.2 Å². The number of ketones is 1. The van der Waals surface area contributed by atoms with Crippen LogP contribution in [0.1, 0.15) is 28.4 Å². The van der Waals surface area contributed by atoms with Crippen LogP contribution in [0.15, 0.2) is 78.1 Å². The van der Waals surface area contributed by atoms with Crippen LogP contribution in [-0.2, 0) is 0 Å². The molecular formula is C25H21F3N4O2S. The number of hydrogen-bond donors (Lipinski definition) is 3. The maximum absolute atomic E-state index is 13.3. The number of anilines is 1. The Morgan fingerprint density at radius 2 is 1.89 bits per heavy atom. The van der Waals surface area contributed by atoms with E-state index >= 15 is 0 Å². The molecule has 0 amide bonds. The molecule has 180 valence electrons. The number of benzene rings is 2. The molecule has 0 spiro atoms. The highest BCUT2D eigenvalue weighted by molar-refractivity contribution is 8.00. The van der Waals surface area contributed by atoms with Crippen LogP contribution in [0, 0.1) is 0 Å². The number of nitrogens with one attached hydrogen (secondary N) is 3. The minimum absolute atomic E-state index is 0.159. The summed E-state index contributed by atoms with van der Waals surface area (Å²) < 4.78 is 43.9. The molecule has 2 aromatic carbocycles. The van der Waals surface area contributed by atoms with E-state index in [4.69, 9.17) is 0 Å². The summed E-state index contributed by atoms with van der Waals surface area (Å²) in [6.45, 7) is 1.96. The predicted molar refractivity (Wildman–Crippen MR) is 131 cm³/mol. The Morgan fingerprint density at radius 3 is 2.60 bits per heavy atom. The van der Waals surface area contributed by atoms with Crippen LogP contribution >= 0.6 is 11.9 Å². The van der Waals surface area contributed by atoms with Crippen LogP contribution < -0.4 is 14.8 Å². The standard InChI is InChI=1S/C25H21F3N4O2S/c1-15(12-29-2)17-11-21-22(14-31-24(21)30-13-17)23(33)16-4-3-5-18(10-16)32-35-20-8-6-19(7-9-20)34-25(26,27)28/h3-14,29,32H,1-2H3,(H,30,31)/b15-12+. The van der Waals surface area contributed by atoms with Crippen LogP contribution in [0.25, 0.3) is 16.6 Å². The number of pyridine rings is 1. The lowest BCUT2D eigenvalue weighted by Gasteiger charge is -2.10. The molecule has 0 radical (unpaired) electrons. The molecule has 4 aromatic rings. The Morgan fingerprint density at radius 1 is 1.11 bits per heavy atom. The normalized spacial score (nSPS) is 12.0. The quantitative estimate of drug-likeness (QED) is 0.193. The second-order valence-corrected chi connectivity index (χ2v) is 8.45. The van der Waals surface area contributed by atoms with Gasteiger partial charge in [-0.1, -0.05) is 12.1 Å². The van der Waals surface area contributed by atoms with Crippen LogP contribution in [0.2, 0.25) is 0 Å². The number of alkyl halides is 3. The molecular weight excluding hydrogens is 477 g/mol. The largest absolute Gasteiger partial charge is 0.573 e. The number of allylic oxidation sites excluding steroid dienone is 1. The molecule has 0 bridgehead atoms. The molecule has 2 heterocycles. The van der Waals surface area contributed by atoms with E-state index in [1.807, 2.05) is 26.2 Å². The van der Waals surface area contributed by atoms with Gasteiger partial charge in [-0.25, -0.2) is 4.98 Å². The summed E-state index contributed by atoms with van der Waals surface area (Å²) >= 11 is 1.20. The monoisotopic (exact) mass is 498 g/mol. The fourth-order valence-electron chi connectivity index (χ4n) is 3.41. The molecule has 2 aromatic heterocycles. The minimum atomic E-state index is -4.73. The highest BCUT2D eigenvalue weighted by Crippen LogP contribution is 2.28. The van der Waals surface area contributed by atoms with Gasteiger partial charge in [0.1, 0.15) is 11.4 Å². The molecule has 0 saturated heterocycles. The number of carbonyl (C=O) groups is 1. The number of rotatable bonds is 8. The molecule has 0 saturated carbocycles. The van der Waals surface area contributed by atoms with Crippen molar-refractivity contribution in [2.75, 3.05) is 11.8 Å². The summed E-state index contributed by atoms with van der Waals surface area (Å²) in [4.78, 5) is 21.4. The van der Waals surface area contributed by atoms with E-state index in [0.717, 1.165) is 16.5 Å². The fourth-order valence-corrected chi connectivity index (χ4v) is 4.05. The average molecular weight is 499 g/mol. The summed E-state index contributed by atoms with van der Waals surface area (Å²) in [7, 11) is 1.82. The van der Waals surface area contributed by atoms with Crippen molar-refractivity contribution in [2.24, 2.45) is 0 Å². The summed E-state index contributed by atoms with van der Waals surface area (Å²) in [5.41, 5.74) is 4.18. The highest BCUT2D eigenvalue weighted by Gasteiger charge is 2.30. The third kappa shape index (κ3) is 5.96. The number of halogens is 3. The Balaban J connectivity index is 1.50. The van der Waals surface area contributed by atoms with Crippen molar-refractivity contribution in [2.45, 2.75) is 18.2 Å². The van der Waals surface area contributed by atoms with E-state index in [1.54, 1.807) is 36.7 Å². The van der Waals surface area contributed by atoms with Crippen molar-refractivity contribution < 1.29 is 22.7 Å². The summed E-state index contributed by atoms with van der Waals surface area (Å²) in [5.74, 6) is -0.449. The molecule has 0 atom stereocenters. The van der Waals surface area contributed by atoms with E-state index in [9.17, 15) is 18.0 Å². The molecule has 3 N–H and O–H groups in total. The van der Waals surface area contributed by atoms with Crippen molar-refractivity contribution >= 4 is 40.0 Å². The first-order valence-electron chi connectivity index (χ1n) is 10.5. The van der Waals surface area contributed by atoms with Gasteiger partial charge in [0.05, 0.1) is 0 Å². The lowest BCUT2D eigenvalue weighted by atomic mass is 10.0. The molecule has 0 fully saturated rings. The van der Waals surface area contributed by atoms with Crippen molar-refractivity contribution in [3.63, 3.8) is 0 Å². The number of aromatic nitrogens is 2. The predicted octanol–water partition coefficient (Wildman–Crippen LogP) is 6.39. The number of ether oxygens (including phenoxy) is 1. The van der Waals surface area contributed by atoms with Crippen LogP contribution in [0.3, 0.4) is 0 Å². The van der Waals surface area contributed by atoms with E-state index < -0.39 is 6.36 Å². The smallest absolute Gasteiger partial charge is 0.406 e. The third-order valence-corrected chi connectivity index (χ3v) is 5.91. The summed E-state index contributed by atoms with van der Waals surface area (Å²) in [5, 5.41) is 3.71. The Kier molecular flexibility index (Phi) is 7.02. The number of H-pyrrole nitrogens is 1. The molecule has 10 heteroatoms. The van der Waals surface area contributed by atoms with Gasteiger partial charge in [0.25, 0.3) is 0 Å². The van der Waals surface area contributed by atoms with Crippen molar-refractivity contribution in [1.29, 1.82) is 0 Å². The third-order valence-electron chi connectivity index (χ3n) is 5.06. The number of carbonyl (C=O) groups excluding carboxylic acids is 1. The van der Waals surface area contributed by atoms with Crippen molar-refractivity contribution in [1.82, 2.24) is 15.3 Å². The first-order valence-corrected chi connectivity index (χ1v) is 11.3. The van der Waals surface area contributed by atoms with Crippen molar-refractivity contribution in [3.05, 3.63) is 89.9 Å². The van der Waals surface area contributed by atoms with Crippen molar-refractivity contribution in [3.8, 4) is 5.75 Å². The van der Waals surface area contributed by atoms with E-state index in [2.05, 4.69) is 24.7 Å². The maximum atomic E-state index is 13.3. The molecule has 35 heavy (non-hydrogen) atoms.